The van der Waals surface area contributed by atoms with Gasteiger partial charge in [0, 0.05) is 12.8 Å². The number of nitrogens with zero attached hydrogens (tertiary/aromatic N) is 2. The lowest BCUT2D eigenvalue weighted by Crippen LogP contribution is -2.46. The Bertz CT molecular complexity index is 1570. The summed E-state index contributed by atoms with van der Waals surface area (Å²) in [6.45, 7) is 0.960. The van der Waals surface area contributed by atoms with Crippen LogP contribution in [0.1, 0.15) is 24.0 Å². The smallest absolute Gasteiger partial charge is 0.161 e. The van der Waals surface area contributed by atoms with Crippen LogP contribution in [0.25, 0.3) is 22.3 Å². The van der Waals surface area contributed by atoms with Crippen molar-refractivity contribution in [1.82, 2.24) is 0 Å². The van der Waals surface area contributed by atoms with Crippen molar-refractivity contribution < 1.29 is 38.6 Å². The Morgan fingerprint density at radius 1 is 0.562 bits per heavy atom. The van der Waals surface area contributed by atoms with Crippen LogP contribution in [0.5, 0.6) is 11.5 Å². The molecule has 0 amide bonds. The van der Waals surface area contributed by atoms with Crippen molar-refractivity contribution in [3.8, 4) is 45.9 Å². The summed E-state index contributed by atoms with van der Waals surface area (Å²) in [5, 5.41) is 39.6. The van der Waals surface area contributed by atoms with E-state index < -0.39 is 37.0 Å². The molecule has 0 radical (unpaired) electrons. The van der Waals surface area contributed by atoms with E-state index in [-0.39, 0.29) is 13.2 Å². The van der Waals surface area contributed by atoms with Crippen molar-refractivity contribution in [3.63, 3.8) is 0 Å². The van der Waals surface area contributed by atoms with Gasteiger partial charge in [0.05, 0.1) is 49.7 Å². The maximum Gasteiger partial charge on any atom is 0.161 e. The Morgan fingerprint density at radius 2 is 0.896 bits per heavy atom. The summed E-state index contributed by atoms with van der Waals surface area (Å²) in [5.41, 5.74) is 5.30. The van der Waals surface area contributed by atoms with Gasteiger partial charge in [-0.2, -0.15) is 10.5 Å². The zero-order valence-electron chi connectivity index (χ0n) is 26.2. The third kappa shape index (κ3) is 8.38. The lowest BCUT2D eigenvalue weighted by Gasteiger charge is -2.25. The third-order valence-electron chi connectivity index (χ3n) is 8.31. The molecule has 0 spiro atoms. The quantitative estimate of drug-likeness (QED) is 0.198. The fourth-order valence-electron chi connectivity index (χ4n) is 5.56. The van der Waals surface area contributed by atoms with Gasteiger partial charge in [-0.25, -0.2) is 0 Å². The average Bonchev–Trinajstić information content (AvgIpc) is 3.82. The van der Waals surface area contributed by atoms with E-state index in [1.165, 1.54) is 0 Å². The van der Waals surface area contributed by atoms with E-state index in [0.29, 0.717) is 48.7 Å². The van der Waals surface area contributed by atoms with Gasteiger partial charge >= 0.3 is 0 Å². The van der Waals surface area contributed by atoms with Crippen molar-refractivity contribution in [2.75, 3.05) is 26.4 Å². The number of benzene rings is 4. The molecule has 6 rings (SSSR count). The number of aliphatic hydroxyl groups is 2. The Kier molecular flexibility index (Phi) is 11.0. The first-order valence-corrected chi connectivity index (χ1v) is 15.9. The van der Waals surface area contributed by atoms with Crippen LogP contribution in [0.2, 0.25) is 0 Å². The Hall–Kier alpha value is -4.78. The van der Waals surface area contributed by atoms with E-state index in [1.54, 1.807) is 24.3 Å². The number of aliphatic hydroxyl groups excluding tert-OH is 2. The van der Waals surface area contributed by atoms with E-state index in [2.05, 4.69) is 12.1 Å². The lowest BCUT2D eigenvalue weighted by molar-refractivity contribution is -0.142. The molecule has 246 valence electrons. The molecule has 2 aliphatic rings. The second-order valence-electron chi connectivity index (χ2n) is 11.6. The summed E-state index contributed by atoms with van der Waals surface area (Å²) in [4.78, 5) is 0. The summed E-state index contributed by atoms with van der Waals surface area (Å²) in [6.07, 6.45) is -4.12. The van der Waals surface area contributed by atoms with Crippen LogP contribution in [0.3, 0.4) is 0 Å². The fourth-order valence-corrected chi connectivity index (χ4v) is 5.56. The maximum atomic E-state index is 10.8. The van der Waals surface area contributed by atoms with Gasteiger partial charge in [-0.05, 0) is 70.8 Å². The van der Waals surface area contributed by atoms with Gasteiger partial charge in [0.1, 0.15) is 35.9 Å². The predicted molar refractivity (Wildman–Crippen MR) is 175 cm³/mol. The monoisotopic (exact) mass is 648 g/mol. The average molecular weight is 649 g/mol. The lowest BCUT2D eigenvalue weighted by atomic mass is 10.0. The first-order valence-electron chi connectivity index (χ1n) is 15.9. The molecule has 10 heteroatoms. The summed E-state index contributed by atoms with van der Waals surface area (Å²) in [5.74, 6) is 1.40. The van der Waals surface area contributed by atoms with Crippen LogP contribution in [-0.4, -0.2) is 73.6 Å². The Morgan fingerprint density at radius 3 is 1.23 bits per heavy atom. The summed E-state index contributed by atoms with van der Waals surface area (Å²) < 4.78 is 34.8. The topological polar surface area (TPSA) is 143 Å². The highest BCUT2D eigenvalue weighted by atomic mass is 16.7. The summed E-state index contributed by atoms with van der Waals surface area (Å²) in [6, 6.07) is 34.4. The molecule has 2 heterocycles. The van der Waals surface area contributed by atoms with Gasteiger partial charge < -0.3 is 38.6 Å². The first kappa shape index (κ1) is 33.1. The Labute approximate surface area is 279 Å². The molecule has 0 saturated carbocycles. The molecule has 4 aromatic carbocycles. The molecule has 2 aliphatic heterocycles. The van der Waals surface area contributed by atoms with Crippen molar-refractivity contribution in [1.29, 1.82) is 10.5 Å². The first-order chi connectivity index (χ1) is 23.5. The number of hydrogen-bond donors (Lipinski definition) is 2. The molecular weight excluding hydrogens is 612 g/mol. The molecular formula is C38H36N2O8. The van der Waals surface area contributed by atoms with Gasteiger partial charge in [0.15, 0.2) is 12.6 Å². The maximum absolute atomic E-state index is 10.8. The van der Waals surface area contributed by atoms with Crippen LogP contribution >= 0.6 is 0 Å². The van der Waals surface area contributed by atoms with Gasteiger partial charge in [0.2, 0.25) is 0 Å². The minimum absolute atomic E-state index is 0.136. The van der Waals surface area contributed by atoms with Gasteiger partial charge in [-0.1, -0.05) is 48.5 Å². The highest BCUT2D eigenvalue weighted by Crippen LogP contribution is 2.27. The normalized spacial score (nSPS) is 21.6. The number of rotatable bonds is 13. The van der Waals surface area contributed by atoms with Gasteiger partial charge in [-0.15, -0.1) is 0 Å². The molecule has 0 bridgehead atoms. The van der Waals surface area contributed by atoms with Crippen molar-refractivity contribution in [2.24, 2.45) is 0 Å². The Balaban J connectivity index is 0.877. The second-order valence-corrected chi connectivity index (χ2v) is 11.6. The fraction of sp³-hybridized carbons (Fsp3) is 0.316. The van der Waals surface area contributed by atoms with Crippen LogP contribution < -0.4 is 9.47 Å². The third-order valence-corrected chi connectivity index (χ3v) is 8.31. The molecule has 4 aromatic rings. The number of nitriles is 2. The molecule has 0 aromatic heterocycles. The molecule has 2 fully saturated rings. The zero-order chi connectivity index (χ0) is 33.3. The van der Waals surface area contributed by atoms with Crippen LogP contribution in [0, 0.1) is 22.7 Å². The molecule has 2 saturated heterocycles. The van der Waals surface area contributed by atoms with Gasteiger partial charge in [0.25, 0.3) is 0 Å². The van der Waals surface area contributed by atoms with Crippen LogP contribution in [0.4, 0.5) is 0 Å². The van der Waals surface area contributed by atoms with E-state index in [4.69, 9.17) is 38.9 Å². The van der Waals surface area contributed by atoms with Crippen molar-refractivity contribution >= 4 is 0 Å². The van der Waals surface area contributed by atoms with E-state index in [0.717, 1.165) is 22.3 Å². The zero-order valence-corrected chi connectivity index (χ0v) is 26.2. The standard InChI is InChI=1S/C38H36N2O8/c39-21-25-1-5-27(6-2-25)29-9-13-31(14-10-29)43-19-17-35-45-23-33(47-35)37(41)38(42)34-24-46-36(48-34)18-20-44-32-15-11-30(12-16-32)28-7-3-26(22-40)4-8-28/h1-16,33-38,41-42H,17-20,23-24H2/t33-,34-,35?,36?,37-,38-/m0/s1. The second kappa shape index (κ2) is 15.9. The number of ether oxygens (including phenoxy) is 6. The van der Waals surface area contributed by atoms with Crippen LogP contribution in [0.15, 0.2) is 97.1 Å². The van der Waals surface area contributed by atoms with Crippen molar-refractivity contribution in [2.45, 2.75) is 49.8 Å². The summed E-state index contributed by atoms with van der Waals surface area (Å²) in [7, 11) is 0. The molecule has 10 nitrogen and oxygen atoms in total. The molecule has 2 N–H and O–H groups in total. The highest BCUT2D eigenvalue weighted by Gasteiger charge is 2.41. The van der Waals surface area contributed by atoms with Gasteiger partial charge in [-0.3, -0.25) is 0 Å². The number of hydrogen-bond acceptors (Lipinski definition) is 10. The highest BCUT2D eigenvalue weighted by molar-refractivity contribution is 5.65. The van der Waals surface area contributed by atoms with Crippen LogP contribution in [-0.2, 0) is 18.9 Å². The minimum Gasteiger partial charge on any atom is -0.493 e. The van der Waals surface area contributed by atoms with Crippen molar-refractivity contribution in [3.05, 3.63) is 108 Å². The molecule has 0 aliphatic carbocycles. The van der Waals surface area contributed by atoms with E-state index >= 15 is 0 Å². The predicted octanol–water partition coefficient (Wildman–Crippen LogP) is 5.21. The molecule has 48 heavy (non-hydrogen) atoms. The largest absolute Gasteiger partial charge is 0.493 e. The summed E-state index contributed by atoms with van der Waals surface area (Å²) >= 11 is 0. The SMILES string of the molecule is N#Cc1ccc(-c2ccc(OCCC3OC[C@@H]([C@H](O)[C@@H](O)[C@@H]4COC(CCOc5ccc(-c6ccc(C#N)cc6)cc5)O4)O3)cc2)cc1. The van der Waals surface area contributed by atoms with E-state index in [1.807, 2.05) is 72.8 Å². The minimum atomic E-state index is -1.22. The molecule has 2 unspecified atom stereocenters. The molecule has 6 atom stereocenters. The van der Waals surface area contributed by atoms with E-state index in [9.17, 15) is 10.2 Å².